The van der Waals surface area contributed by atoms with Crippen LogP contribution in [0.25, 0.3) is 11.0 Å². The molecule has 0 atom stereocenters. The molecule has 11 heteroatoms. The van der Waals surface area contributed by atoms with Crippen LogP contribution in [-0.4, -0.2) is 41.7 Å². The first-order valence-corrected chi connectivity index (χ1v) is 14.7. The van der Waals surface area contributed by atoms with E-state index < -0.39 is 18.1 Å². The zero-order chi connectivity index (χ0) is 31.2. The number of nitrogens with zero attached hydrogens (tertiary/aromatic N) is 2. The molecule has 0 unspecified atom stereocenters. The van der Waals surface area contributed by atoms with Crippen molar-refractivity contribution in [2.24, 2.45) is 10.8 Å². The molecule has 43 heavy (non-hydrogen) atoms. The molecule has 1 aliphatic heterocycles. The van der Waals surface area contributed by atoms with E-state index in [4.69, 9.17) is 19.2 Å². The van der Waals surface area contributed by atoms with Gasteiger partial charge in [0.05, 0.1) is 30.9 Å². The molecule has 234 valence electrons. The number of hydrogen-bond acceptors (Lipinski definition) is 7. The number of ether oxygens (including phenoxy) is 4. The third kappa shape index (κ3) is 6.93. The van der Waals surface area contributed by atoms with Crippen molar-refractivity contribution >= 4 is 28.6 Å². The molecule has 1 N–H and O–H groups in total. The highest BCUT2D eigenvalue weighted by Crippen LogP contribution is 2.52. The fourth-order valence-electron chi connectivity index (χ4n) is 7.16. The molecule has 1 aliphatic carbocycles. The van der Waals surface area contributed by atoms with Crippen molar-refractivity contribution in [2.75, 3.05) is 25.1 Å². The molecule has 3 aromatic rings. The van der Waals surface area contributed by atoms with E-state index in [9.17, 15) is 18.0 Å². The highest BCUT2D eigenvalue weighted by molar-refractivity contribution is 5.82. The van der Waals surface area contributed by atoms with Crippen LogP contribution in [0, 0.1) is 17.8 Å². The largest absolute Gasteiger partial charge is 0.573 e. The molecule has 0 amide bonds. The Kier molecular flexibility index (Phi) is 8.19. The second-order valence-corrected chi connectivity index (χ2v) is 13.2. The first-order valence-electron chi connectivity index (χ1n) is 14.7. The summed E-state index contributed by atoms with van der Waals surface area (Å²) in [6.45, 7) is 13.8. The Labute approximate surface area is 249 Å². The maximum Gasteiger partial charge on any atom is 0.573 e. The van der Waals surface area contributed by atoms with E-state index >= 15 is 0 Å². The van der Waals surface area contributed by atoms with E-state index in [1.165, 1.54) is 24.3 Å². The summed E-state index contributed by atoms with van der Waals surface area (Å²) in [4.78, 5) is 17.6. The van der Waals surface area contributed by atoms with Gasteiger partial charge >= 0.3 is 12.3 Å². The molecule has 2 aliphatic rings. The molecule has 0 spiro atoms. The molecule has 1 saturated heterocycles. The average molecular weight is 604 g/mol. The van der Waals surface area contributed by atoms with Crippen LogP contribution >= 0.6 is 0 Å². The van der Waals surface area contributed by atoms with Crippen LogP contribution in [0.3, 0.4) is 0 Å². The summed E-state index contributed by atoms with van der Waals surface area (Å²) in [6, 6.07) is 9.68. The van der Waals surface area contributed by atoms with E-state index in [0.717, 1.165) is 30.3 Å². The third-order valence-electron chi connectivity index (χ3n) is 8.12. The molecular formula is C32H40F3N3O5. The Bertz CT molecular complexity index is 1460. The zero-order valence-electron chi connectivity index (χ0n) is 25.6. The smallest absolute Gasteiger partial charge is 0.466 e. The third-order valence-corrected chi connectivity index (χ3v) is 8.12. The lowest BCUT2D eigenvalue weighted by atomic mass is 9.63. The number of benzene rings is 2. The number of aromatic nitrogens is 2. The van der Waals surface area contributed by atoms with Gasteiger partial charge in [-0.2, -0.15) is 0 Å². The van der Waals surface area contributed by atoms with Gasteiger partial charge in [0, 0.05) is 17.3 Å². The molecule has 2 fully saturated rings. The maximum atomic E-state index is 12.7. The van der Waals surface area contributed by atoms with E-state index in [1.54, 1.807) is 6.92 Å². The summed E-state index contributed by atoms with van der Waals surface area (Å²) in [5.74, 6) is -1.42. The van der Waals surface area contributed by atoms with Gasteiger partial charge in [-0.25, -0.2) is 4.98 Å². The predicted octanol–water partition coefficient (Wildman–Crippen LogP) is 7.92. The highest BCUT2D eigenvalue weighted by atomic mass is 19.4. The van der Waals surface area contributed by atoms with Gasteiger partial charge in [-0.05, 0) is 85.9 Å². The Morgan fingerprint density at radius 1 is 1.07 bits per heavy atom. The van der Waals surface area contributed by atoms with Crippen molar-refractivity contribution in [1.82, 2.24) is 9.55 Å². The molecule has 0 bridgehead atoms. The molecule has 2 aromatic carbocycles. The van der Waals surface area contributed by atoms with Gasteiger partial charge < -0.3 is 28.8 Å². The number of rotatable bonds is 8. The monoisotopic (exact) mass is 603 g/mol. The number of halogens is 3. The number of aryl methyl sites for hydroxylation is 1. The fraction of sp³-hybridized carbons (Fsp3) is 0.562. The Morgan fingerprint density at radius 2 is 1.70 bits per heavy atom. The molecule has 0 radical (unpaired) electrons. The normalized spacial score (nSPS) is 19.8. The van der Waals surface area contributed by atoms with Gasteiger partial charge in [0.2, 0.25) is 11.7 Å². The number of carbonyl (C=O) groups is 1. The number of imidazole rings is 1. The molecule has 1 saturated carbocycles. The van der Waals surface area contributed by atoms with Gasteiger partial charge in [0.15, 0.2) is 0 Å². The quantitative estimate of drug-likeness (QED) is 0.262. The zero-order valence-corrected chi connectivity index (χ0v) is 25.6. The maximum absolute atomic E-state index is 12.7. The van der Waals surface area contributed by atoms with Crippen LogP contribution in [0.1, 0.15) is 77.5 Å². The Hall–Kier alpha value is -3.31. The van der Waals surface area contributed by atoms with Crippen LogP contribution in [0.4, 0.5) is 24.8 Å². The van der Waals surface area contributed by atoms with Crippen LogP contribution in [-0.2, 0) is 24.8 Å². The minimum absolute atomic E-state index is 0.0844. The first-order chi connectivity index (χ1) is 20.1. The summed E-state index contributed by atoms with van der Waals surface area (Å²) >= 11 is 0. The van der Waals surface area contributed by atoms with Gasteiger partial charge in [-0.3, -0.25) is 4.79 Å². The number of nitrogens with one attached hydrogen (secondary N) is 1. The minimum Gasteiger partial charge on any atom is -0.466 e. The number of esters is 1. The van der Waals surface area contributed by atoms with Crippen molar-refractivity contribution in [3.05, 3.63) is 47.5 Å². The van der Waals surface area contributed by atoms with E-state index in [1.807, 2.05) is 13.0 Å². The fourth-order valence-corrected chi connectivity index (χ4v) is 7.16. The van der Waals surface area contributed by atoms with Gasteiger partial charge in [-0.15, -0.1) is 13.2 Å². The van der Waals surface area contributed by atoms with Gasteiger partial charge in [-0.1, -0.05) is 27.7 Å². The average Bonchev–Trinajstić information content (AvgIpc) is 3.46. The van der Waals surface area contributed by atoms with Crippen molar-refractivity contribution in [3.63, 3.8) is 0 Å². The summed E-state index contributed by atoms with van der Waals surface area (Å²) in [7, 11) is 0. The number of hydrogen-bond donors (Lipinski definition) is 1. The summed E-state index contributed by atoms with van der Waals surface area (Å²) < 4.78 is 61.7. The number of fused-ring (bicyclic) bond motifs is 1. The Morgan fingerprint density at radius 3 is 2.28 bits per heavy atom. The summed E-state index contributed by atoms with van der Waals surface area (Å²) in [5.41, 5.74) is 3.92. The number of anilines is 2. The molecule has 5 rings (SSSR count). The standard InChI is InChI=1S/C32H40F3N3O5/c1-7-40-27(39)18-31(41-12-13-42-31)24-15-25-26(14-20(24)2)38(22-16-29(3,4)19-30(5,6)17-22)28(37-25)36-21-8-10-23(11-9-21)43-32(33,34)35/h8-11,14-15,22H,7,12-13,16-19H2,1-6H3,(H,36,37). The van der Waals surface area contributed by atoms with E-state index in [-0.39, 0.29) is 35.6 Å². The van der Waals surface area contributed by atoms with Crippen molar-refractivity contribution in [1.29, 1.82) is 0 Å². The topological polar surface area (TPSA) is 83.8 Å². The van der Waals surface area contributed by atoms with Crippen molar-refractivity contribution in [2.45, 2.75) is 85.4 Å². The second kappa shape index (κ2) is 11.3. The van der Waals surface area contributed by atoms with Crippen molar-refractivity contribution < 1.29 is 36.9 Å². The van der Waals surface area contributed by atoms with Crippen LogP contribution < -0.4 is 10.1 Å². The molecule has 2 heterocycles. The van der Waals surface area contributed by atoms with E-state index in [2.05, 4.69) is 48.4 Å². The number of alkyl halides is 3. The van der Waals surface area contributed by atoms with E-state index in [0.29, 0.717) is 35.9 Å². The lowest BCUT2D eigenvalue weighted by molar-refractivity contribution is -0.274. The van der Waals surface area contributed by atoms with Gasteiger partial charge in [0.1, 0.15) is 12.2 Å². The molecule has 8 nitrogen and oxygen atoms in total. The minimum atomic E-state index is -4.77. The van der Waals surface area contributed by atoms with Crippen LogP contribution in [0.2, 0.25) is 0 Å². The SMILES string of the molecule is CCOC(=O)CC1(c2cc3nc(Nc4ccc(OC(F)(F)F)cc4)n(C4CC(C)(C)CC(C)(C)C4)c3cc2C)OCCO1. The first kappa shape index (κ1) is 31.1. The van der Waals surface area contributed by atoms with Crippen LogP contribution in [0.5, 0.6) is 5.75 Å². The van der Waals surface area contributed by atoms with Crippen LogP contribution in [0.15, 0.2) is 36.4 Å². The summed E-state index contributed by atoms with van der Waals surface area (Å²) in [5, 5.41) is 3.35. The lowest BCUT2D eigenvalue weighted by Gasteiger charge is -2.45. The Balaban J connectivity index is 1.60. The molecule has 1 aromatic heterocycles. The van der Waals surface area contributed by atoms with Crippen molar-refractivity contribution in [3.8, 4) is 5.75 Å². The number of carbonyl (C=O) groups excluding carboxylic acids is 1. The highest BCUT2D eigenvalue weighted by Gasteiger charge is 2.44. The second-order valence-electron chi connectivity index (χ2n) is 13.2. The predicted molar refractivity (Wildman–Crippen MR) is 156 cm³/mol. The van der Waals surface area contributed by atoms with Gasteiger partial charge in [0.25, 0.3) is 0 Å². The molecular weight excluding hydrogens is 563 g/mol. The lowest BCUT2D eigenvalue weighted by Crippen LogP contribution is -2.35. The summed E-state index contributed by atoms with van der Waals surface area (Å²) in [6.07, 6.45) is -1.92.